The van der Waals surface area contributed by atoms with E-state index in [1.54, 1.807) is 0 Å². The maximum atomic E-state index is 12.2. The molecule has 0 aliphatic carbocycles. The van der Waals surface area contributed by atoms with Gasteiger partial charge >= 0.3 is 0 Å². The smallest absolute Gasteiger partial charge is 0.247 e. The van der Waals surface area contributed by atoms with Gasteiger partial charge in [-0.05, 0) is 24.5 Å². The Labute approximate surface area is 119 Å². The molecular formula is C15H19NO3S. The average Bonchev–Trinajstić information content (AvgIpc) is 2.76. The average molecular weight is 293 g/mol. The highest BCUT2D eigenvalue weighted by molar-refractivity contribution is 7.91. The third-order valence-electron chi connectivity index (χ3n) is 3.38. The molecule has 1 aliphatic heterocycles. The van der Waals surface area contributed by atoms with Crippen molar-refractivity contribution < 1.29 is 13.2 Å². The number of hydrogen-bond donors (Lipinski definition) is 1. The molecule has 108 valence electrons. The minimum Gasteiger partial charge on any atom is -0.349 e. The van der Waals surface area contributed by atoms with Crippen molar-refractivity contribution in [3.05, 3.63) is 41.5 Å². The van der Waals surface area contributed by atoms with Crippen LogP contribution in [0.2, 0.25) is 0 Å². The summed E-state index contributed by atoms with van der Waals surface area (Å²) >= 11 is 0. The highest BCUT2D eigenvalue weighted by Gasteiger charge is 2.29. The molecule has 20 heavy (non-hydrogen) atoms. The molecule has 1 saturated heterocycles. The molecule has 1 aliphatic rings. The van der Waals surface area contributed by atoms with Gasteiger partial charge in [-0.15, -0.1) is 0 Å². The Morgan fingerprint density at radius 3 is 2.60 bits per heavy atom. The Balaban J connectivity index is 2.05. The molecule has 1 aromatic carbocycles. The molecule has 1 atom stereocenters. The first-order valence-electron chi connectivity index (χ1n) is 6.77. The van der Waals surface area contributed by atoms with Crippen LogP contribution in [0.5, 0.6) is 0 Å². The first-order chi connectivity index (χ1) is 9.50. The van der Waals surface area contributed by atoms with Crippen molar-refractivity contribution in [3.8, 4) is 0 Å². The lowest BCUT2D eigenvalue weighted by Crippen LogP contribution is -2.36. The minimum absolute atomic E-state index is 0.0566. The van der Waals surface area contributed by atoms with Gasteiger partial charge in [-0.25, -0.2) is 8.42 Å². The van der Waals surface area contributed by atoms with Crippen molar-refractivity contribution in [1.29, 1.82) is 0 Å². The number of nitrogens with one attached hydrogen (secondary N) is 1. The van der Waals surface area contributed by atoms with Crippen LogP contribution in [0.3, 0.4) is 0 Å². The first-order valence-corrected chi connectivity index (χ1v) is 8.59. The second-order valence-electron chi connectivity index (χ2n) is 5.01. The topological polar surface area (TPSA) is 63.2 Å². The summed E-state index contributed by atoms with van der Waals surface area (Å²) in [6.07, 6.45) is 2.97. The van der Waals surface area contributed by atoms with E-state index in [1.807, 2.05) is 43.3 Å². The van der Waals surface area contributed by atoms with Crippen LogP contribution in [-0.4, -0.2) is 31.9 Å². The van der Waals surface area contributed by atoms with E-state index >= 15 is 0 Å². The van der Waals surface area contributed by atoms with Gasteiger partial charge in [0.05, 0.1) is 11.5 Å². The number of benzene rings is 1. The van der Waals surface area contributed by atoms with E-state index in [9.17, 15) is 13.2 Å². The molecule has 1 unspecified atom stereocenters. The van der Waals surface area contributed by atoms with Crippen molar-refractivity contribution in [2.45, 2.75) is 25.8 Å². The zero-order valence-corrected chi connectivity index (χ0v) is 12.3. The van der Waals surface area contributed by atoms with Crippen LogP contribution in [0.15, 0.2) is 35.9 Å². The largest absolute Gasteiger partial charge is 0.349 e. The lowest BCUT2D eigenvalue weighted by atomic mass is 10.1. The summed E-state index contributed by atoms with van der Waals surface area (Å²) < 4.78 is 22.8. The number of carbonyl (C=O) groups is 1. The number of carbonyl (C=O) groups excluding carboxylic acids is 1. The number of rotatable bonds is 4. The summed E-state index contributed by atoms with van der Waals surface area (Å²) in [5.41, 5.74) is 1.64. The molecular weight excluding hydrogens is 274 g/mol. The van der Waals surface area contributed by atoms with Crippen molar-refractivity contribution in [1.82, 2.24) is 5.32 Å². The van der Waals surface area contributed by atoms with Gasteiger partial charge in [0.15, 0.2) is 9.84 Å². The highest BCUT2D eigenvalue weighted by Crippen LogP contribution is 2.14. The fourth-order valence-corrected chi connectivity index (χ4v) is 3.94. The molecule has 1 fully saturated rings. The maximum absolute atomic E-state index is 12.2. The van der Waals surface area contributed by atoms with Crippen molar-refractivity contribution in [2.24, 2.45) is 0 Å². The molecule has 1 amide bonds. The number of sulfone groups is 1. The zero-order chi connectivity index (χ0) is 14.6. The summed E-state index contributed by atoms with van der Waals surface area (Å²) in [4.78, 5) is 12.2. The third kappa shape index (κ3) is 3.93. The molecule has 0 saturated carbocycles. The monoisotopic (exact) mass is 293 g/mol. The Bertz CT molecular complexity index is 605. The maximum Gasteiger partial charge on any atom is 0.247 e. The quantitative estimate of drug-likeness (QED) is 0.861. The predicted molar refractivity (Wildman–Crippen MR) is 79.9 cm³/mol. The lowest BCUT2D eigenvalue weighted by molar-refractivity contribution is -0.118. The summed E-state index contributed by atoms with van der Waals surface area (Å²) in [7, 11) is -2.97. The molecule has 0 bridgehead atoms. The first kappa shape index (κ1) is 14.8. The van der Waals surface area contributed by atoms with E-state index in [0.717, 1.165) is 5.56 Å². The number of hydrogen-bond acceptors (Lipinski definition) is 3. The van der Waals surface area contributed by atoms with Gasteiger partial charge in [0.25, 0.3) is 0 Å². The normalized spacial score (nSPS) is 21.6. The van der Waals surface area contributed by atoms with Gasteiger partial charge in [-0.2, -0.15) is 0 Å². The van der Waals surface area contributed by atoms with Gasteiger partial charge in [0.1, 0.15) is 0 Å². The second-order valence-corrected chi connectivity index (χ2v) is 7.24. The Kier molecular flexibility index (Phi) is 4.60. The minimum atomic E-state index is -2.97. The van der Waals surface area contributed by atoms with E-state index < -0.39 is 9.84 Å². The van der Waals surface area contributed by atoms with Crippen LogP contribution in [0.1, 0.15) is 25.3 Å². The molecule has 0 spiro atoms. The molecule has 0 aromatic heterocycles. The van der Waals surface area contributed by atoms with E-state index in [2.05, 4.69) is 5.32 Å². The van der Waals surface area contributed by atoms with Gasteiger partial charge in [0, 0.05) is 11.6 Å². The summed E-state index contributed by atoms with van der Waals surface area (Å²) in [6, 6.07) is 9.37. The standard InChI is InChI=1S/C15H19NO3S/c1-2-13(10-12-6-4-3-5-7-12)15(17)16-14-8-9-20(18,19)11-14/h3-7,10,14H,2,8-9,11H2,1H3,(H,16,17)/b13-10+. The summed E-state index contributed by atoms with van der Waals surface area (Å²) in [6.45, 7) is 1.92. The van der Waals surface area contributed by atoms with Gasteiger partial charge in [-0.3, -0.25) is 4.79 Å². The highest BCUT2D eigenvalue weighted by atomic mass is 32.2. The molecule has 1 N–H and O–H groups in total. The van der Waals surface area contributed by atoms with Crippen molar-refractivity contribution in [3.63, 3.8) is 0 Å². The molecule has 0 radical (unpaired) electrons. The third-order valence-corrected chi connectivity index (χ3v) is 5.15. The molecule has 1 heterocycles. The van der Waals surface area contributed by atoms with E-state index in [0.29, 0.717) is 18.4 Å². The fraction of sp³-hybridized carbons (Fsp3) is 0.400. The summed E-state index contributed by atoms with van der Waals surface area (Å²) in [5, 5.41) is 2.82. The molecule has 4 nitrogen and oxygen atoms in total. The van der Waals surface area contributed by atoms with Crippen molar-refractivity contribution in [2.75, 3.05) is 11.5 Å². The SMILES string of the molecule is CC/C(=C\c1ccccc1)C(=O)NC1CCS(=O)(=O)C1. The Morgan fingerprint density at radius 1 is 1.35 bits per heavy atom. The zero-order valence-electron chi connectivity index (χ0n) is 11.5. The second kappa shape index (κ2) is 6.22. The number of amides is 1. The van der Waals surface area contributed by atoms with Crippen LogP contribution in [-0.2, 0) is 14.6 Å². The van der Waals surface area contributed by atoms with Crippen LogP contribution < -0.4 is 5.32 Å². The van der Waals surface area contributed by atoms with Crippen LogP contribution in [0, 0.1) is 0 Å². The molecule has 5 heteroatoms. The van der Waals surface area contributed by atoms with Crippen LogP contribution in [0.25, 0.3) is 6.08 Å². The van der Waals surface area contributed by atoms with Crippen LogP contribution >= 0.6 is 0 Å². The van der Waals surface area contributed by atoms with Gasteiger partial charge in [0.2, 0.25) is 5.91 Å². The van der Waals surface area contributed by atoms with Gasteiger partial charge < -0.3 is 5.32 Å². The Morgan fingerprint density at radius 2 is 2.05 bits per heavy atom. The predicted octanol–water partition coefficient (Wildman–Crippen LogP) is 1.78. The van der Waals surface area contributed by atoms with E-state index in [4.69, 9.17) is 0 Å². The van der Waals surface area contributed by atoms with E-state index in [1.165, 1.54) is 0 Å². The lowest BCUT2D eigenvalue weighted by Gasteiger charge is -2.12. The Hall–Kier alpha value is -1.62. The van der Waals surface area contributed by atoms with Crippen molar-refractivity contribution >= 4 is 21.8 Å². The fourth-order valence-electron chi connectivity index (χ4n) is 2.27. The van der Waals surface area contributed by atoms with Crippen LogP contribution in [0.4, 0.5) is 0 Å². The molecule has 1 aromatic rings. The van der Waals surface area contributed by atoms with E-state index in [-0.39, 0.29) is 23.5 Å². The van der Waals surface area contributed by atoms with Gasteiger partial charge in [-0.1, -0.05) is 37.3 Å². The molecule has 2 rings (SSSR count). The summed E-state index contributed by atoms with van der Waals surface area (Å²) in [5.74, 6) is 0.0570.